The molecule has 0 fully saturated rings. The second kappa shape index (κ2) is 5.98. The quantitative estimate of drug-likeness (QED) is 0.713. The molecule has 0 radical (unpaired) electrons. The van der Waals surface area contributed by atoms with Crippen molar-refractivity contribution in [1.29, 1.82) is 0 Å². The summed E-state index contributed by atoms with van der Waals surface area (Å²) < 4.78 is 0. The highest BCUT2D eigenvalue weighted by Gasteiger charge is 2.20. The number of carboxylic acids is 2. The van der Waals surface area contributed by atoms with E-state index in [1.165, 1.54) is 19.1 Å². The maximum Gasteiger partial charge on any atom is 0.336 e. The van der Waals surface area contributed by atoms with Gasteiger partial charge in [0, 0.05) is 10.4 Å². The summed E-state index contributed by atoms with van der Waals surface area (Å²) in [6.45, 7) is 1.50. The zero-order valence-corrected chi connectivity index (χ0v) is 13.5. The van der Waals surface area contributed by atoms with Crippen LogP contribution >= 0.6 is 11.6 Å². The van der Waals surface area contributed by atoms with Crippen molar-refractivity contribution in [3.05, 3.63) is 70.2 Å². The van der Waals surface area contributed by atoms with Crippen molar-refractivity contribution in [3.63, 3.8) is 0 Å². The zero-order valence-electron chi connectivity index (χ0n) is 12.7. The fraction of sp³-hybridized carbons (Fsp3) is 0.0526. The first kappa shape index (κ1) is 16.0. The highest BCUT2D eigenvalue weighted by Crippen LogP contribution is 2.33. The van der Waals surface area contributed by atoms with Crippen LogP contribution in [0.1, 0.15) is 26.3 Å². The van der Waals surface area contributed by atoms with Crippen LogP contribution in [0, 0.1) is 6.92 Å². The summed E-state index contributed by atoms with van der Waals surface area (Å²) in [5.74, 6) is -2.31. The van der Waals surface area contributed by atoms with Gasteiger partial charge in [-0.2, -0.15) is 0 Å². The van der Waals surface area contributed by atoms with E-state index >= 15 is 0 Å². The SMILES string of the molecule is Cc1c(C(=O)O)ccc(-c2ccc3cccc(Cl)c3c2)c1C(=O)O. The van der Waals surface area contributed by atoms with Crippen molar-refractivity contribution < 1.29 is 19.8 Å². The largest absolute Gasteiger partial charge is 0.478 e. The number of hydrogen-bond acceptors (Lipinski definition) is 2. The average molecular weight is 341 g/mol. The number of carbonyl (C=O) groups is 2. The molecule has 4 nitrogen and oxygen atoms in total. The summed E-state index contributed by atoms with van der Waals surface area (Å²) in [5.41, 5.74) is 1.34. The number of rotatable bonds is 3. The van der Waals surface area contributed by atoms with Crippen LogP contribution in [0.25, 0.3) is 21.9 Å². The summed E-state index contributed by atoms with van der Waals surface area (Å²) in [7, 11) is 0. The Balaban J connectivity index is 2.30. The molecule has 2 N–H and O–H groups in total. The molecule has 24 heavy (non-hydrogen) atoms. The summed E-state index contributed by atoms with van der Waals surface area (Å²) in [6.07, 6.45) is 0. The maximum atomic E-state index is 11.7. The lowest BCUT2D eigenvalue weighted by molar-refractivity contribution is 0.0696. The molecule has 3 aromatic carbocycles. The normalized spacial score (nSPS) is 10.8. The lowest BCUT2D eigenvalue weighted by Crippen LogP contribution is -2.09. The third kappa shape index (κ3) is 2.61. The number of benzene rings is 3. The Kier molecular flexibility index (Phi) is 3.99. The average Bonchev–Trinajstić information content (AvgIpc) is 2.54. The number of halogens is 1. The monoisotopic (exact) mass is 340 g/mol. The summed E-state index contributed by atoms with van der Waals surface area (Å²) >= 11 is 6.22. The van der Waals surface area contributed by atoms with Crippen molar-refractivity contribution >= 4 is 34.3 Å². The van der Waals surface area contributed by atoms with Gasteiger partial charge < -0.3 is 10.2 Å². The molecule has 0 amide bonds. The molecule has 0 aromatic heterocycles. The van der Waals surface area contributed by atoms with Gasteiger partial charge in [0.15, 0.2) is 0 Å². The number of aromatic carboxylic acids is 2. The van der Waals surface area contributed by atoms with Gasteiger partial charge in [0.1, 0.15) is 0 Å². The van der Waals surface area contributed by atoms with Crippen LogP contribution in [0.4, 0.5) is 0 Å². The number of fused-ring (bicyclic) bond motifs is 1. The van der Waals surface area contributed by atoms with E-state index in [1.54, 1.807) is 12.1 Å². The molecule has 0 unspecified atom stereocenters. The molecular weight excluding hydrogens is 328 g/mol. The van der Waals surface area contributed by atoms with Gasteiger partial charge in [0.05, 0.1) is 11.1 Å². The van der Waals surface area contributed by atoms with Crippen molar-refractivity contribution in [2.24, 2.45) is 0 Å². The highest BCUT2D eigenvalue weighted by molar-refractivity contribution is 6.35. The lowest BCUT2D eigenvalue weighted by Gasteiger charge is -2.13. The Labute approximate surface area is 142 Å². The van der Waals surface area contributed by atoms with Gasteiger partial charge in [-0.25, -0.2) is 9.59 Å². The van der Waals surface area contributed by atoms with E-state index in [0.717, 1.165) is 10.8 Å². The molecule has 0 aliphatic heterocycles. The summed E-state index contributed by atoms with van der Waals surface area (Å²) in [6, 6.07) is 14.0. The first-order chi connectivity index (χ1) is 11.4. The fourth-order valence-corrected chi connectivity index (χ4v) is 3.10. The van der Waals surface area contributed by atoms with Gasteiger partial charge in [-0.1, -0.05) is 41.9 Å². The third-order valence-corrected chi connectivity index (χ3v) is 4.38. The van der Waals surface area contributed by atoms with E-state index < -0.39 is 11.9 Å². The minimum absolute atomic E-state index is 0.0127. The molecule has 0 spiro atoms. The topological polar surface area (TPSA) is 74.6 Å². The van der Waals surface area contributed by atoms with Crippen LogP contribution in [0.2, 0.25) is 5.02 Å². The Morgan fingerprint density at radius 2 is 1.71 bits per heavy atom. The van der Waals surface area contributed by atoms with E-state index in [0.29, 0.717) is 16.1 Å². The minimum atomic E-state index is -1.16. The van der Waals surface area contributed by atoms with E-state index in [1.807, 2.05) is 24.3 Å². The van der Waals surface area contributed by atoms with Crippen LogP contribution in [-0.4, -0.2) is 22.2 Å². The molecule has 3 aromatic rings. The summed E-state index contributed by atoms with van der Waals surface area (Å²) in [5, 5.41) is 21.1. The Bertz CT molecular complexity index is 992. The van der Waals surface area contributed by atoms with Gasteiger partial charge >= 0.3 is 11.9 Å². The van der Waals surface area contributed by atoms with Crippen molar-refractivity contribution in [2.75, 3.05) is 0 Å². The van der Waals surface area contributed by atoms with Gasteiger partial charge in [-0.3, -0.25) is 0 Å². The van der Waals surface area contributed by atoms with E-state index in [-0.39, 0.29) is 16.7 Å². The van der Waals surface area contributed by atoms with Crippen LogP contribution < -0.4 is 0 Å². The molecule has 3 rings (SSSR count). The third-order valence-electron chi connectivity index (χ3n) is 4.05. The highest BCUT2D eigenvalue weighted by atomic mass is 35.5. The van der Waals surface area contributed by atoms with E-state index in [4.69, 9.17) is 11.6 Å². The van der Waals surface area contributed by atoms with Crippen molar-refractivity contribution in [3.8, 4) is 11.1 Å². The molecule has 0 saturated carbocycles. The second-order valence-corrected chi connectivity index (χ2v) is 5.85. The van der Waals surface area contributed by atoms with Gasteiger partial charge in [0.2, 0.25) is 0 Å². The van der Waals surface area contributed by atoms with Crippen LogP contribution in [0.5, 0.6) is 0 Å². The molecule has 0 heterocycles. The second-order valence-electron chi connectivity index (χ2n) is 5.45. The Hall–Kier alpha value is -2.85. The van der Waals surface area contributed by atoms with Gasteiger partial charge in [-0.15, -0.1) is 0 Å². The first-order valence-electron chi connectivity index (χ1n) is 7.19. The predicted octanol–water partition coefficient (Wildman–Crippen LogP) is 4.87. The zero-order chi connectivity index (χ0) is 17.4. The summed E-state index contributed by atoms with van der Waals surface area (Å²) in [4.78, 5) is 23.0. The lowest BCUT2D eigenvalue weighted by atomic mass is 9.91. The number of hydrogen-bond donors (Lipinski definition) is 2. The predicted molar refractivity (Wildman–Crippen MR) is 93.0 cm³/mol. The van der Waals surface area contributed by atoms with E-state index in [9.17, 15) is 19.8 Å². The molecule has 5 heteroatoms. The molecule has 0 aliphatic rings. The van der Waals surface area contributed by atoms with Gasteiger partial charge in [0.25, 0.3) is 0 Å². The molecule has 0 atom stereocenters. The molecule has 0 aliphatic carbocycles. The minimum Gasteiger partial charge on any atom is -0.478 e. The first-order valence-corrected chi connectivity index (χ1v) is 7.57. The fourth-order valence-electron chi connectivity index (χ4n) is 2.86. The van der Waals surface area contributed by atoms with Gasteiger partial charge in [-0.05, 0) is 47.2 Å². The van der Waals surface area contributed by atoms with E-state index in [2.05, 4.69) is 0 Å². The smallest absolute Gasteiger partial charge is 0.336 e. The maximum absolute atomic E-state index is 11.7. The van der Waals surface area contributed by atoms with Crippen LogP contribution in [0.15, 0.2) is 48.5 Å². The van der Waals surface area contributed by atoms with Crippen LogP contribution in [-0.2, 0) is 0 Å². The van der Waals surface area contributed by atoms with Crippen molar-refractivity contribution in [1.82, 2.24) is 0 Å². The van der Waals surface area contributed by atoms with Crippen LogP contribution in [0.3, 0.4) is 0 Å². The molecular formula is C19H13ClO4. The standard InChI is InChI=1S/C19H13ClO4/c1-10-13(18(21)22)7-8-14(17(10)19(23)24)12-6-5-11-3-2-4-16(20)15(11)9-12/h2-9H,1H3,(H,21,22)(H,23,24). The molecule has 0 saturated heterocycles. The molecule has 120 valence electrons. The number of carboxylic acid groups (broad SMARTS) is 2. The van der Waals surface area contributed by atoms with Crippen molar-refractivity contribution in [2.45, 2.75) is 6.92 Å². The Morgan fingerprint density at radius 1 is 0.958 bits per heavy atom. The Morgan fingerprint density at radius 3 is 2.38 bits per heavy atom. The molecule has 0 bridgehead atoms.